The van der Waals surface area contributed by atoms with Crippen LogP contribution in [-0.2, 0) is 13.0 Å². The molecule has 6 nitrogen and oxygen atoms in total. The number of likely N-dealkylation sites (tertiary alicyclic amines) is 1. The molecule has 2 N–H and O–H groups in total. The van der Waals surface area contributed by atoms with Crippen molar-refractivity contribution in [2.75, 3.05) is 18.4 Å². The molecule has 1 fully saturated rings. The first-order chi connectivity index (χ1) is 16.7. The van der Waals surface area contributed by atoms with Gasteiger partial charge in [-0.3, -0.25) is 14.9 Å². The number of benzene rings is 2. The lowest BCUT2D eigenvalue weighted by Gasteiger charge is -2.22. The van der Waals surface area contributed by atoms with Gasteiger partial charge in [-0.1, -0.05) is 12.1 Å². The molecule has 1 amide bonds. The van der Waals surface area contributed by atoms with Crippen LogP contribution in [0.25, 0.3) is 10.9 Å². The number of amides is 1. The predicted octanol–water partition coefficient (Wildman–Crippen LogP) is 5.36. The minimum absolute atomic E-state index is 0.132. The summed E-state index contributed by atoms with van der Waals surface area (Å²) in [5.41, 5.74) is 6.49. The van der Waals surface area contributed by atoms with Crippen LogP contribution < -0.4 is 5.32 Å². The Kier molecular flexibility index (Phi) is 6.56. The number of aryl methyl sites for hydroxylation is 1. The molecule has 1 saturated heterocycles. The van der Waals surface area contributed by atoms with Crippen molar-refractivity contribution in [3.8, 4) is 0 Å². The Hall–Kier alpha value is -3.67. The van der Waals surface area contributed by atoms with Crippen molar-refractivity contribution >= 4 is 22.5 Å². The zero-order valence-electron chi connectivity index (χ0n) is 19.6. The number of anilines is 1. The molecule has 1 aliphatic heterocycles. The third-order valence-electron chi connectivity index (χ3n) is 6.88. The summed E-state index contributed by atoms with van der Waals surface area (Å²) in [7, 11) is 0. The van der Waals surface area contributed by atoms with Crippen molar-refractivity contribution in [1.82, 2.24) is 20.1 Å². The summed E-state index contributed by atoms with van der Waals surface area (Å²) in [6.07, 6.45) is 9.76. The predicted molar refractivity (Wildman–Crippen MR) is 136 cm³/mol. The Labute approximate surface area is 200 Å². The number of carbonyl (C=O) groups is 1. The zero-order chi connectivity index (χ0) is 23.3. The molecule has 1 atom stereocenters. The van der Waals surface area contributed by atoms with E-state index in [4.69, 9.17) is 0 Å². The first kappa shape index (κ1) is 22.1. The van der Waals surface area contributed by atoms with Gasteiger partial charge in [0.1, 0.15) is 0 Å². The maximum absolute atomic E-state index is 13.4. The molecule has 4 aromatic rings. The molecule has 5 rings (SSSR count). The van der Waals surface area contributed by atoms with Crippen LogP contribution in [0.3, 0.4) is 0 Å². The lowest BCUT2D eigenvalue weighted by Crippen LogP contribution is -2.32. The fraction of sp³-hybridized carbons (Fsp3) is 0.321. The molecule has 0 spiro atoms. The fourth-order valence-corrected chi connectivity index (χ4v) is 4.85. The molecule has 0 radical (unpaired) electrons. The quantitative estimate of drug-likeness (QED) is 0.412. The normalized spacial score (nSPS) is 16.4. The van der Waals surface area contributed by atoms with Crippen LogP contribution in [0.2, 0.25) is 0 Å². The number of hydrogen-bond acceptors (Lipinski definition) is 4. The van der Waals surface area contributed by atoms with E-state index in [0.717, 1.165) is 72.1 Å². The van der Waals surface area contributed by atoms with E-state index in [1.54, 1.807) is 12.4 Å². The van der Waals surface area contributed by atoms with E-state index >= 15 is 0 Å². The van der Waals surface area contributed by atoms with Gasteiger partial charge in [0.25, 0.3) is 5.91 Å². The second-order valence-corrected chi connectivity index (χ2v) is 9.32. The second-order valence-electron chi connectivity index (χ2n) is 9.32. The van der Waals surface area contributed by atoms with Gasteiger partial charge in [0.05, 0.1) is 11.7 Å². The third kappa shape index (κ3) is 5.11. The van der Waals surface area contributed by atoms with E-state index in [1.165, 1.54) is 5.56 Å². The van der Waals surface area contributed by atoms with E-state index in [-0.39, 0.29) is 5.91 Å². The highest BCUT2D eigenvalue weighted by atomic mass is 16.2. The monoisotopic (exact) mass is 453 g/mol. The van der Waals surface area contributed by atoms with Crippen molar-refractivity contribution in [3.63, 3.8) is 0 Å². The number of H-pyrrole nitrogens is 1. The molecule has 3 heterocycles. The Morgan fingerprint density at radius 3 is 2.82 bits per heavy atom. The molecule has 0 unspecified atom stereocenters. The van der Waals surface area contributed by atoms with Crippen molar-refractivity contribution in [2.45, 2.75) is 39.2 Å². The minimum atomic E-state index is 0.132. The molecular formula is C28H31N5O. The number of aromatic amines is 1. The Bertz CT molecular complexity index is 1270. The third-order valence-corrected chi connectivity index (χ3v) is 6.88. The number of aromatic nitrogens is 3. The van der Waals surface area contributed by atoms with Crippen LogP contribution >= 0.6 is 0 Å². The summed E-state index contributed by atoms with van der Waals surface area (Å²) in [6.45, 7) is 4.41. The van der Waals surface area contributed by atoms with Gasteiger partial charge in [-0.05, 0) is 91.6 Å². The SMILES string of the molecule is Cc1ccc(C(=O)N2CCC[C@H](Cc3ccc4[nH]ncc4c3)CC2)cc1NCc1ccncc1. The van der Waals surface area contributed by atoms with E-state index < -0.39 is 0 Å². The highest BCUT2D eigenvalue weighted by Gasteiger charge is 2.22. The highest BCUT2D eigenvalue weighted by Crippen LogP contribution is 2.25. The van der Waals surface area contributed by atoms with Gasteiger partial charge >= 0.3 is 0 Å². The number of pyridine rings is 1. The summed E-state index contributed by atoms with van der Waals surface area (Å²) >= 11 is 0. The first-order valence-electron chi connectivity index (χ1n) is 12.1. The Morgan fingerprint density at radius 1 is 1.06 bits per heavy atom. The molecule has 6 heteroatoms. The molecule has 2 aromatic carbocycles. The standard InChI is InChI=1S/C28H31N5O/c1-20-4-6-24(17-27(20)30-18-22-8-11-29-12-9-22)28(34)33-13-2-3-21(10-14-33)15-23-5-7-26-25(16-23)19-31-32-26/h4-9,11-12,16-17,19,21,30H,2-3,10,13-15,18H2,1H3,(H,31,32)/t21-/m0/s1. The number of nitrogens with zero attached hydrogens (tertiary/aromatic N) is 3. The van der Waals surface area contributed by atoms with Crippen LogP contribution in [0.15, 0.2) is 67.1 Å². The van der Waals surface area contributed by atoms with Gasteiger partial charge in [-0.25, -0.2) is 0 Å². The van der Waals surface area contributed by atoms with Gasteiger partial charge in [0.15, 0.2) is 0 Å². The smallest absolute Gasteiger partial charge is 0.253 e. The van der Waals surface area contributed by atoms with Crippen LogP contribution in [0.4, 0.5) is 5.69 Å². The summed E-state index contributed by atoms with van der Waals surface area (Å²) in [5, 5.41) is 11.8. The van der Waals surface area contributed by atoms with E-state index in [2.05, 4.69) is 45.6 Å². The van der Waals surface area contributed by atoms with Gasteiger partial charge < -0.3 is 10.2 Å². The average molecular weight is 454 g/mol. The van der Waals surface area contributed by atoms with Gasteiger partial charge in [0.2, 0.25) is 0 Å². The maximum atomic E-state index is 13.4. The van der Waals surface area contributed by atoms with Crippen molar-refractivity contribution in [2.24, 2.45) is 5.92 Å². The number of nitrogens with one attached hydrogen (secondary N) is 2. The van der Waals surface area contributed by atoms with Crippen LogP contribution in [-0.4, -0.2) is 39.1 Å². The molecular weight excluding hydrogens is 422 g/mol. The number of rotatable bonds is 6. The summed E-state index contributed by atoms with van der Waals surface area (Å²) in [6, 6.07) is 16.5. The van der Waals surface area contributed by atoms with Crippen LogP contribution in [0.5, 0.6) is 0 Å². The number of fused-ring (bicyclic) bond motifs is 1. The van der Waals surface area contributed by atoms with Gasteiger partial charge in [-0.2, -0.15) is 5.10 Å². The lowest BCUT2D eigenvalue weighted by molar-refractivity contribution is 0.0760. The largest absolute Gasteiger partial charge is 0.381 e. The molecule has 174 valence electrons. The van der Waals surface area contributed by atoms with Crippen molar-refractivity contribution in [1.29, 1.82) is 0 Å². The molecule has 2 aromatic heterocycles. The van der Waals surface area contributed by atoms with E-state index in [0.29, 0.717) is 12.5 Å². The average Bonchev–Trinajstić information content (AvgIpc) is 3.21. The fourth-order valence-electron chi connectivity index (χ4n) is 4.85. The molecule has 0 saturated carbocycles. The summed E-state index contributed by atoms with van der Waals surface area (Å²) < 4.78 is 0. The lowest BCUT2D eigenvalue weighted by atomic mass is 9.92. The van der Waals surface area contributed by atoms with Gasteiger partial charge in [-0.15, -0.1) is 0 Å². The molecule has 34 heavy (non-hydrogen) atoms. The molecule has 0 bridgehead atoms. The van der Waals surface area contributed by atoms with Crippen molar-refractivity contribution < 1.29 is 4.79 Å². The van der Waals surface area contributed by atoms with Crippen LogP contribution in [0.1, 0.15) is 46.3 Å². The maximum Gasteiger partial charge on any atom is 0.253 e. The number of hydrogen-bond donors (Lipinski definition) is 2. The van der Waals surface area contributed by atoms with Crippen molar-refractivity contribution in [3.05, 3.63) is 89.4 Å². The van der Waals surface area contributed by atoms with E-state index in [9.17, 15) is 4.79 Å². The number of carbonyl (C=O) groups excluding carboxylic acids is 1. The van der Waals surface area contributed by atoms with Crippen LogP contribution in [0, 0.1) is 12.8 Å². The molecule has 0 aliphatic carbocycles. The van der Waals surface area contributed by atoms with E-state index in [1.807, 2.05) is 41.4 Å². The summed E-state index contributed by atoms with van der Waals surface area (Å²) in [4.78, 5) is 19.5. The minimum Gasteiger partial charge on any atom is -0.381 e. The van der Waals surface area contributed by atoms with Gasteiger partial charge in [0, 0.05) is 48.7 Å². The molecule has 1 aliphatic rings. The topological polar surface area (TPSA) is 73.9 Å². The second kappa shape index (κ2) is 10.1. The zero-order valence-corrected chi connectivity index (χ0v) is 19.6. The highest BCUT2D eigenvalue weighted by molar-refractivity contribution is 5.95. The Morgan fingerprint density at radius 2 is 1.94 bits per heavy atom. The Balaban J connectivity index is 1.21. The summed E-state index contributed by atoms with van der Waals surface area (Å²) in [5.74, 6) is 0.727. The first-order valence-corrected chi connectivity index (χ1v) is 12.1.